The Hall–Kier alpha value is -2.71. The summed E-state index contributed by atoms with van der Waals surface area (Å²) in [7, 11) is 0. The molecule has 0 atom stereocenters. The molecule has 0 bridgehead atoms. The minimum atomic E-state index is 0.714. The van der Waals surface area contributed by atoms with Crippen molar-refractivity contribution in [2.75, 3.05) is 0 Å². The van der Waals surface area contributed by atoms with Crippen molar-refractivity contribution in [2.45, 2.75) is 6.92 Å². The van der Waals surface area contributed by atoms with Gasteiger partial charge in [-0.2, -0.15) is 0 Å². The van der Waals surface area contributed by atoms with Gasteiger partial charge in [-0.25, -0.2) is 4.98 Å². The highest BCUT2D eigenvalue weighted by Crippen LogP contribution is 2.33. The molecule has 0 saturated carbocycles. The van der Waals surface area contributed by atoms with E-state index in [1.807, 2.05) is 55.6 Å². The van der Waals surface area contributed by atoms with Crippen molar-refractivity contribution < 1.29 is 0 Å². The van der Waals surface area contributed by atoms with Gasteiger partial charge in [0.1, 0.15) is 0 Å². The maximum Gasteiger partial charge on any atom is 0.0731 e. The first-order chi connectivity index (χ1) is 11.7. The van der Waals surface area contributed by atoms with Gasteiger partial charge in [0, 0.05) is 27.9 Å². The number of hydrogen-bond acceptors (Lipinski definition) is 2. The summed E-state index contributed by atoms with van der Waals surface area (Å²) in [5.74, 6) is 0. The maximum absolute atomic E-state index is 6.21. The van der Waals surface area contributed by atoms with Gasteiger partial charge < -0.3 is 0 Å². The van der Waals surface area contributed by atoms with E-state index in [1.165, 1.54) is 0 Å². The van der Waals surface area contributed by atoms with Crippen LogP contribution in [0.4, 0.5) is 0 Å². The van der Waals surface area contributed by atoms with E-state index in [4.69, 9.17) is 16.6 Å². The van der Waals surface area contributed by atoms with Gasteiger partial charge in [0.15, 0.2) is 0 Å². The summed E-state index contributed by atoms with van der Waals surface area (Å²) < 4.78 is 0. The predicted octanol–water partition coefficient (Wildman–Crippen LogP) is 5.93. The zero-order chi connectivity index (χ0) is 16.5. The normalized spacial score (nSPS) is 10.9. The van der Waals surface area contributed by atoms with Crippen LogP contribution in [0.3, 0.4) is 0 Å². The Morgan fingerprint density at radius 3 is 2.42 bits per heavy atom. The average Bonchev–Trinajstić information content (AvgIpc) is 2.62. The number of halogens is 1. The SMILES string of the molecule is Cc1ccc(-c2cc(-c3ccccc3)c3cc(Cl)ccc3n2)cn1. The number of hydrogen-bond donors (Lipinski definition) is 0. The molecule has 2 heterocycles. The minimum absolute atomic E-state index is 0.714. The molecule has 0 amide bonds. The van der Waals surface area contributed by atoms with E-state index in [9.17, 15) is 0 Å². The highest BCUT2D eigenvalue weighted by molar-refractivity contribution is 6.31. The topological polar surface area (TPSA) is 25.8 Å². The third-order valence-corrected chi connectivity index (χ3v) is 4.30. The van der Waals surface area contributed by atoms with Crippen molar-refractivity contribution in [1.82, 2.24) is 9.97 Å². The van der Waals surface area contributed by atoms with Crippen LogP contribution in [0, 0.1) is 6.92 Å². The Bertz CT molecular complexity index is 1010. The second kappa shape index (κ2) is 6.06. The molecule has 0 saturated heterocycles. The first-order valence-corrected chi connectivity index (χ1v) is 8.17. The minimum Gasteiger partial charge on any atom is -0.261 e. The van der Waals surface area contributed by atoms with Gasteiger partial charge in [-0.3, -0.25) is 4.98 Å². The number of fused-ring (bicyclic) bond motifs is 1. The largest absolute Gasteiger partial charge is 0.261 e. The van der Waals surface area contributed by atoms with E-state index in [0.717, 1.165) is 39.0 Å². The van der Waals surface area contributed by atoms with E-state index in [2.05, 4.69) is 29.2 Å². The molecule has 116 valence electrons. The number of aromatic nitrogens is 2. The summed E-state index contributed by atoms with van der Waals surface area (Å²) in [6.45, 7) is 1.98. The highest BCUT2D eigenvalue weighted by Gasteiger charge is 2.10. The standard InChI is InChI=1S/C21H15ClN2/c1-14-7-8-16(13-23-14)21-12-18(15-5-3-2-4-6-15)19-11-17(22)9-10-20(19)24-21/h2-13H,1H3. The smallest absolute Gasteiger partial charge is 0.0731 e. The molecule has 2 aromatic carbocycles. The summed E-state index contributed by atoms with van der Waals surface area (Å²) >= 11 is 6.21. The molecule has 4 rings (SSSR count). The number of nitrogens with zero attached hydrogens (tertiary/aromatic N) is 2. The second-order valence-corrected chi connectivity index (χ2v) is 6.21. The molecule has 0 fully saturated rings. The van der Waals surface area contributed by atoms with Crippen molar-refractivity contribution in [3.63, 3.8) is 0 Å². The lowest BCUT2D eigenvalue weighted by Crippen LogP contribution is -1.91. The van der Waals surface area contributed by atoms with Gasteiger partial charge >= 0.3 is 0 Å². The maximum atomic E-state index is 6.21. The molecule has 0 N–H and O–H groups in total. The van der Waals surface area contributed by atoms with Crippen LogP contribution in [0.1, 0.15) is 5.69 Å². The molecule has 2 aromatic heterocycles. The van der Waals surface area contributed by atoms with Crippen LogP contribution < -0.4 is 0 Å². The first-order valence-electron chi connectivity index (χ1n) is 7.79. The lowest BCUT2D eigenvalue weighted by Gasteiger charge is -2.11. The quantitative estimate of drug-likeness (QED) is 0.455. The molecule has 0 unspecified atom stereocenters. The van der Waals surface area contributed by atoms with Crippen LogP contribution in [0.5, 0.6) is 0 Å². The molecular weight excluding hydrogens is 316 g/mol. The van der Waals surface area contributed by atoms with E-state index < -0.39 is 0 Å². The average molecular weight is 331 g/mol. The highest BCUT2D eigenvalue weighted by atomic mass is 35.5. The van der Waals surface area contributed by atoms with Gasteiger partial charge in [-0.1, -0.05) is 41.9 Å². The van der Waals surface area contributed by atoms with Crippen LogP contribution in [-0.4, -0.2) is 9.97 Å². The van der Waals surface area contributed by atoms with Gasteiger partial charge in [-0.15, -0.1) is 0 Å². The molecule has 0 aliphatic rings. The van der Waals surface area contributed by atoms with E-state index in [-0.39, 0.29) is 0 Å². The van der Waals surface area contributed by atoms with Gasteiger partial charge in [0.25, 0.3) is 0 Å². The Balaban J connectivity index is 2.00. The van der Waals surface area contributed by atoms with E-state index in [1.54, 1.807) is 0 Å². The number of benzene rings is 2. The lowest BCUT2D eigenvalue weighted by atomic mass is 9.99. The molecule has 0 spiro atoms. The van der Waals surface area contributed by atoms with Crippen LogP contribution in [0.25, 0.3) is 33.3 Å². The summed E-state index contributed by atoms with van der Waals surface area (Å²) in [6, 6.07) is 22.3. The number of aryl methyl sites for hydroxylation is 1. The van der Waals surface area contributed by atoms with Crippen molar-refractivity contribution in [3.05, 3.63) is 83.6 Å². The number of rotatable bonds is 2. The molecule has 2 nitrogen and oxygen atoms in total. The first kappa shape index (κ1) is 14.9. The summed E-state index contributed by atoms with van der Waals surface area (Å²) in [4.78, 5) is 9.19. The van der Waals surface area contributed by atoms with Gasteiger partial charge in [-0.05, 0) is 54.4 Å². The van der Waals surface area contributed by atoms with Crippen LogP contribution >= 0.6 is 11.6 Å². The predicted molar refractivity (Wildman–Crippen MR) is 100 cm³/mol. The van der Waals surface area contributed by atoms with Crippen molar-refractivity contribution in [1.29, 1.82) is 0 Å². The zero-order valence-electron chi connectivity index (χ0n) is 13.2. The summed E-state index contributed by atoms with van der Waals surface area (Å²) in [5, 5.41) is 1.77. The van der Waals surface area contributed by atoms with E-state index >= 15 is 0 Å². The molecule has 24 heavy (non-hydrogen) atoms. The van der Waals surface area contributed by atoms with Crippen molar-refractivity contribution in [3.8, 4) is 22.4 Å². The second-order valence-electron chi connectivity index (χ2n) is 5.77. The van der Waals surface area contributed by atoms with Crippen LogP contribution in [-0.2, 0) is 0 Å². The van der Waals surface area contributed by atoms with Crippen molar-refractivity contribution >= 4 is 22.5 Å². The summed E-state index contributed by atoms with van der Waals surface area (Å²) in [6.07, 6.45) is 1.87. The Morgan fingerprint density at radius 1 is 0.833 bits per heavy atom. The van der Waals surface area contributed by atoms with E-state index in [0.29, 0.717) is 5.02 Å². The molecule has 0 aliphatic carbocycles. The summed E-state index contributed by atoms with van der Waals surface area (Å²) in [5.41, 5.74) is 6.11. The van der Waals surface area contributed by atoms with Gasteiger partial charge in [0.2, 0.25) is 0 Å². The molecular formula is C21H15ClN2. The zero-order valence-corrected chi connectivity index (χ0v) is 14.0. The fourth-order valence-electron chi connectivity index (χ4n) is 2.82. The Kier molecular flexibility index (Phi) is 3.75. The molecule has 0 aliphatic heterocycles. The Labute approximate surface area is 145 Å². The monoisotopic (exact) mass is 330 g/mol. The van der Waals surface area contributed by atoms with Crippen LogP contribution in [0.2, 0.25) is 5.02 Å². The lowest BCUT2D eigenvalue weighted by molar-refractivity contribution is 1.20. The molecule has 3 heteroatoms. The third-order valence-electron chi connectivity index (χ3n) is 4.06. The number of pyridine rings is 2. The van der Waals surface area contributed by atoms with Gasteiger partial charge in [0.05, 0.1) is 11.2 Å². The fourth-order valence-corrected chi connectivity index (χ4v) is 2.99. The fraction of sp³-hybridized carbons (Fsp3) is 0.0476. The third kappa shape index (κ3) is 2.77. The Morgan fingerprint density at radius 2 is 1.67 bits per heavy atom. The van der Waals surface area contributed by atoms with Crippen LogP contribution in [0.15, 0.2) is 72.9 Å². The molecule has 4 aromatic rings. The molecule has 0 radical (unpaired) electrons. The van der Waals surface area contributed by atoms with Crippen molar-refractivity contribution in [2.24, 2.45) is 0 Å².